The Labute approximate surface area is 150 Å². The average Bonchev–Trinajstić information content (AvgIpc) is 3.19. The fraction of sp³-hybridized carbons (Fsp3) is 0.294. The number of carbonyl (C=O) groups is 1. The van der Waals surface area contributed by atoms with Crippen molar-refractivity contribution in [1.29, 1.82) is 0 Å². The van der Waals surface area contributed by atoms with E-state index in [0.29, 0.717) is 28.7 Å². The van der Waals surface area contributed by atoms with Gasteiger partial charge >= 0.3 is 0 Å². The molecule has 0 spiro atoms. The molecule has 0 saturated carbocycles. The van der Waals surface area contributed by atoms with Crippen LogP contribution in [0.4, 0.5) is 0 Å². The molecule has 2 aromatic heterocycles. The van der Waals surface area contributed by atoms with E-state index in [1.807, 2.05) is 25.1 Å². The van der Waals surface area contributed by atoms with Crippen molar-refractivity contribution in [2.45, 2.75) is 26.8 Å². The van der Waals surface area contributed by atoms with Crippen molar-refractivity contribution in [2.75, 3.05) is 7.05 Å². The highest BCUT2D eigenvalue weighted by Crippen LogP contribution is 2.20. The molecule has 3 aromatic rings. The quantitative estimate of drug-likeness (QED) is 0.699. The lowest BCUT2D eigenvalue weighted by Gasteiger charge is -2.15. The summed E-state index contributed by atoms with van der Waals surface area (Å²) in [5.41, 5.74) is 2.19. The summed E-state index contributed by atoms with van der Waals surface area (Å²) in [6.45, 7) is 3.96. The zero-order chi connectivity index (χ0) is 18.0. The van der Waals surface area contributed by atoms with Gasteiger partial charge in [-0.2, -0.15) is 10.1 Å². The van der Waals surface area contributed by atoms with Gasteiger partial charge in [-0.15, -0.1) is 0 Å². The van der Waals surface area contributed by atoms with Crippen molar-refractivity contribution in [3.05, 3.63) is 58.5 Å². The molecular formula is C17H18ClN5O2. The lowest BCUT2D eigenvalue weighted by molar-refractivity contribution is 0.0779. The van der Waals surface area contributed by atoms with Crippen LogP contribution in [0.15, 0.2) is 35.0 Å². The van der Waals surface area contributed by atoms with Gasteiger partial charge in [0.05, 0.1) is 29.7 Å². The Hall–Kier alpha value is -2.67. The predicted octanol–water partition coefficient (Wildman–Crippen LogP) is 3.05. The number of carbonyl (C=O) groups excluding carboxylic acids is 1. The van der Waals surface area contributed by atoms with Gasteiger partial charge in [-0.3, -0.25) is 4.79 Å². The fourth-order valence-electron chi connectivity index (χ4n) is 2.62. The normalized spacial score (nSPS) is 10.9. The Morgan fingerprint density at radius 1 is 1.40 bits per heavy atom. The standard InChI is InChI=1S/C17H18ClN5O2/c1-4-15-14(9-19-23(15)13-7-5-6-12(18)8-13)17(24)22(3)10-16-20-11(2)25-21-16/h5-9H,4,10H2,1-3H3. The van der Waals surface area contributed by atoms with Crippen molar-refractivity contribution >= 4 is 17.5 Å². The van der Waals surface area contributed by atoms with Crippen LogP contribution in [-0.4, -0.2) is 37.8 Å². The molecule has 0 radical (unpaired) electrons. The summed E-state index contributed by atoms with van der Waals surface area (Å²) in [4.78, 5) is 18.5. The molecular weight excluding hydrogens is 342 g/mol. The number of amides is 1. The van der Waals surface area contributed by atoms with E-state index < -0.39 is 0 Å². The van der Waals surface area contributed by atoms with Gasteiger partial charge in [-0.05, 0) is 24.6 Å². The molecule has 1 amide bonds. The van der Waals surface area contributed by atoms with Gasteiger partial charge in [0, 0.05) is 19.0 Å². The highest BCUT2D eigenvalue weighted by molar-refractivity contribution is 6.30. The van der Waals surface area contributed by atoms with Crippen LogP contribution in [-0.2, 0) is 13.0 Å². The Morgan fingerprint density at radius 2 is 2.20 bits per heavy atom. The summed E-state index contributed by atoms with van der Waals surface area (Å²) in [7, 11) is 1.70. The summed E-state index contributed by atoms with van der Waals surface area (Å²) in [6, 6.07) is 7.36. The Kier molecular flexibility index (Phi) is 4.85. The second-order valence-corrected chi connectivity index (χ2v) is 6.08. The van der Waals surface area contributed by atoms with Crippen LogP contribution in [0, 0.1) is 6.92 Å². The van der Waals surface area contributed by atoms with E-state index in [2.05, 4.69) is 15.2 Å². The topological polar surface area (TPSA) is 77.1 Å². The zero-order valence-corrected chi connectivity index (χ0v) is 15.0. The highest BCUT2D eigenvalue weighted by atomic mass is 35.5. The third kappa shape index (κ3) is 3.56. The summed E-state index contributed by atoms with van der Waals surface area (Å²) < 4.78 is 6.68. The minimum atomic E-state index is -0.146. The smallest absolute Gasteiger partial charge is 0.257 e. The van der Waals surface area contributed by atoms with Gasteiger partial charge in [0.15, 0.2) is 5.82 Å². The molecule has 7 nitrogen and oxygen atoms in total. The molecule has 0 aliphatic carbocycles. The number of aryl methyl sites for hydroxylation is 1. The molecule has 0 unspecified atom stereocenters. The molecule has 25 heavy (non-hydrogen) atoms. The van der Waals surface area contributed by atoms with Crippen molar-refractivity contribution in [2.24, 2.45) is 0 Å². The summed E-state index contributed by atoms with van der Waals surface area (Å²) in [5.74, 6) is 0.792. The molecule has 8 heteroatoms. The minimum absolute atomic E-state index is 0.146. The van der Waals surface area contributed by atoms with E-state index in [0.717, 1.165) is 11.4 Å². The van der Waals surface area contributed by atoms with Crippen molar-refractivity contribution in [3.63, 3.8) is 0 Å². The van der Waals surface area contributed by atoms with Crippen molar-refractivity contribution < 1.29 is 9.32 Å². The van der Waals surface area contributed by atoms with Crippen molar-refractivity contribution in [3.8, 4) is 5.69 Å². The molecule has 0 saturated heterocycles. The first kappa shape index (κ1) is 17.2. The monoisotopic (exact) mass is 359 g/mol. The first-order valence-electron chi connectivity index (χ1n) is 7.87. The molecule has 130 valence electrons. The van der Waals surface area contributed by atoms with E-state index in [1.165, 1.54) is 0 Å². The molecule has 0 fully saturated rings. The number of hydrogen-bond acceptors (Lipinski definition) is 5. The third-order valence-electron chi connectivity index (χ3n) is 3.78. The lowest BCUT2D eigenvalue weighted by Crippen LogP contribution is -2.27. The lowest BCUT2D eigenvalue weighted by atomic mass is 10.1. The molecule has 1 aromatic carbocycles. The average molecular weight is 360 g/mol. The predicted molar refractivity (Wildman–Crippen MR) is 92.8 cm³/mol. The van der Waals surface area contributed by atoms with Crippen LogP contribution in [0.2, 0.25) is 5.02 Å². The number of nitrogens with zero attached hydrogens (tertiary/aromatic N) is 5. The summed E-state index contributed by atoms with van der Waals surface area (Å²) >= 11 is 6.06. The Balaban J connectivity index is 1.88. The Bertz CT molecular complexity index is 902. The van der Waals surface area contributed by atoms with Crippen LogP contribution < -0.4 is 0 Å². The summed E-state index contributed by atoms with van der Waals surface area (Å²) in [6.07, 6.45) is 2.24. The van der Waals surface area contributed by atoms with Gasteiger partial charge in [0.1, 0.15) is 0 Å². The van der Waals surface area contributed by atoms with Gasteiger partial charge in [0.2, 0.25) is 5.89 Å². The maximum atomic E-state index is 12.8. The van der Waals surface area contributed by atoms with Gasteiger partial charge in [0.25, 0.3) is 5.91 Å². The molecule has 0 aliphatic rings. The maximum absolute atomic E-state index is 12.8. The van der Waals surface area contributed by atoms with E-state index in [-0.39, 0.29) is 12.5 Å². The number of hydrogen-bond donors (Lipinski definition) is 0. The largest absolute Gasteiger partial charge is 0.340 e. The van der Waals surface area contributed by atoms with Gasteiger partial charge in [-0.1, -0.05) is 29.7 Å². The van der Waals surface area contributed by atoms with Crippen LogP contribution >= 0.6 is 11.6 Å². The van der Waals surface area contributed by atoms with E-state index in [9.17, 15) is 4.79 Å². The molecule has 0 bridgehead atoms. The Morgan fingerprint density at radius 3 is 2.84 bits per heavy atom. The minimum Gasteiger partial charge on any atom is -0.340 e. The SMILES string of the molecule is CCc1c(C(=O)N(C)Cc2noc(C)n2)cnn1-c1cccc(Cl)c1. The number of aromatic nitrogens is 4. The highest BCUT2D eigenvalue weighted by Gasteiger charge is 2.21. The molecule has 0 N–H and O–H groups in total. The van der Waals surface area contributed by atoms with Crippen molar-refractivity contribution in [1.82, 2.24) is 24.8 Å². The van der Waals surface area contributed by atoms with E-state index in [4.69, 9.17) is 16.1 Å². The van der Waals surface area contributed by atoms with E-state index in [1.54, 1.807) is 35.8 Å². The second-order valence-electron chi connectivity index (χ2n) is 5.64. The summed E-state index contributed by atoms with van der Waals surface area (Å²) in [5, 5.41) is 8.81. The third-order valence-corrected chi connectivity index (χ3v) is 4.02. The fourth-order valence-corrected chi connectivity index (χ4v) is 2.80. The molecule has 0 aliphatic heterocycles. The second kappa shape index (κ2) is 7.06. The molecule has 2 heterocycles. The van der Waals surface area contributed by atoms with Gasteiger partial charge in [-0.25, -0.2) is 4.68 Å². The van der Waals surface area contributed by atoms with Crippen LogP contribution in [0.25, 0.3) is 5.69 Å². The zero-order valence-electron chi connectivity index (χ0n) is 14.2. The molecule has 0 atom stereocenters. The first-order valence-corrected chi connectivity index (χ1v) is 8.25. The van der Waals surface area contributed by atoms with Crippen LogP contribution in [0.5, 0.6) is 0 Å². The number of benzene rings is 1. The van der Waals surface area contributed by atoms with Crippen LogP contribution in [0.1, 0.15) is 34.7 Å². The van der Waals surface area contributed by atoms with Crippen LogP contribution in [0.3, 0.4) is 0 Å². The first-order chi connectivity index (χ1) is 12.0. The van der Waals surface area contributed by atoms with Gasteiger partial charge < -0.3 is 9.42 Å². The maximum Gasteiger partial charge on any atom is 0.257 e. The molecule has 3 rings (SSSR count). The number of rotatable bonds is 5. The number of halogens is 1. The van der Waals surface area contributed by atoms with E-state index >= 15 is 0 Å².